The first-order valence-electron chi connectivity index (χ1n) is 15.1. The summed E-state index contributed by atoms with van der Waals surface area (Å²) in [5.41, 5.74) is 3.87. The molecule has 4 aromatic rings. The van der Waals surface area contributed by atoms with Crippen molar-refractivity contribution in [2.24, 2.45) is 0 Å². The van der Waals surface area contributed by atoms with E-state index < -0.39 is 5.69 Å². The van der Waals surface area contributed by atoms with Crippen LogP contribution in [0.15, 0.2) is 66.6 Å². The Balaban J connectivity index is 1.85. The number of aryl methyl sites for hydroxylation is 1. The molecule has 1 amide bonds. The molecule has 1 aliphatic rings. The maximum Gasteiger partial charge on any atom is 0.355 e. The highest BCUT2D eigenvalue weighted by molar-refractivity contribution is 6.34. The minimum absolute atomic E-state index is 0.0128. The summed E-state index contributed by atoms with van der Waals surface area (Å²) in [5, 5.41) is 0.922. The number of aromatic nitrogens is 4. The first-order valence-corrected chi connectivity index (χ1v) is 14.5. The van der Waals surface area contributed by atoms with Crippen LogP contribution in [-0.2, 0) is 11.2 Å². The fourth-order valence-corrected chi connectivity index (χ4v) is 5.89. The largest absolute Gasteiger partial charge is 0.355 e. The fourth-order valence-electron chi connectivity index (χ4n) is 5.63. The molecule has 1 atom stereocenters. The van der Waals surface area contributed by atoms with Gasteiger partial charge >= 0.3 is 5.69 Å². The number of nitrogens with zero attached hydrogens (tertiary/aromatic N) is 6. The highest BCUT2D eigenvalue weighted by Gasteiger charge is 2.30. The van der Waals surface area contributed by atoms with Gasteiger partial charge in [0.15, 0.2) is 5.65 Å². The van der Waals surface area contributed by atoms with Crippen molar-refractivity contribution < 1.29 is 7.54 Å². The summed E-state index contributed by atoms with van der Waals surface area (Å²) in [6, 6.07) is 10.8. The van der Waals surface area contributed by atoms with Gasteiger partial charge in [0.2, 0.25) is 5.91 Å². The monoisotopic (exact) mass is 584 g/mol. The number of amides is 1. The van der Waals surface area contributed by atoms with Crippen molar-refractivity contribution in [1.82, 2.24) is 24.4 Å². The SMILES string of the molecule is [2H]C([2H])=Cc1ccccc1-c1nc2c(cc1Cl)c(N1CCN(C(=O)C=C)C[C@@H]1C)nc(=O)n2-c1c(CC)ccnc1C(C)C. The molecule has 8 nitrogen and oxygen atoms in total. The molecule has 9 heteroatoms. The van der Waals surface area contributed by atoms with E-state index in [1.54, 1.807) is 27.8 Å². The topological polar surface area (TPSA) is 84.2 Å². The van der Waals surface area contributed by atoms with Crippen molar-refractivity contribution >= 4 is 40.4 Å². The van der Waals surface area contributed by atoms with Gasteiger partial charge in [0.1, 0.15) is 5.82 Å². The Bertz CT molecular complexity index is 1850. The lowest BCUT2D eigenvalue weighted by atomic mass is 10.0. The molecule has 4 heterocycles. The number of hydrogen-bond donors (Lipinski definition) is 0. The van der Waals surface area contributed by atoms with Crippen molar-refractivity contribution in [1.29, 1.82) is 0 Å². The number of hydrogen-bond acceptors (Lipinski definition) is 6. The first-order chi connectivity index (χ1) is 21.0. The van der Waals surface area contributed by atoms with Crippen molar-refractivity contribution in [2.75, 3.05) is 24.5 Å². The van der Waals surface area contributed by atoms with Crippen LogP contribution >= 0.6 is 11.6 Å². The smallest absolute Gasteiger partial charge is 0.350 e. The van der Waals surface area contributed by atoms with Crippen molar-refractivity contribution in [2.45, 2.75) is 46.1 Å². The highest BCUT2D eigenvalue weighted by atomic mass is 35.5. The molecule has 42 heavy (non-hydrogen) atoms. The number of piperazine rings is 1. The van der Waals surface area contributed by atoms with E-state index in [1.165, 1.54) is 12.2 Å². The Hall–Kier alpha value is -4.30. The summed E-state index contributed by atoms with van der Waals surface area (Å²) in [6.45, 7) is 12.7. The van der Waals surface area contributed by atoms with Gasteiger partial charge in [-0.3, -0.25) is 9.78 Å². The van der Waals surface area contributed by atoms with Crippen molar-refractivity contribution in [3.8, 4) is 16.9 Å². The van der Waals surface area contributed by atoms with Crippen LogP contribution in [-0.4, -0.2) is 56.0 Å². The number of rotatable bonds is 7. The van der Waals surface area contributed by atoms with E-state index in [1.807, 2.05) is 56.9 Å². The van der Waals surface area contributed by atoms with E-state index in [4.69, 9.17) is 19.3 Å². The average Bonchev–Trinajstić information content (AvgIpc) is 3.00. The maximum absolute atomic E-state index is 14.2. The zero-order valence-corrected chi connectivity index (χ0v) is 25.0. The molecule has 0 bridgehead atoms. The van der Waals surface area contributed by atoms with Crippen LogP contribution in [0, 0.1) is 0 Å². The molecule has 3 aromatic heterocycles. The Labute approximate surface area is 253 Å². The van der Waals surface area contributed by atoms with Gasteiger partial charge < -0.3 is 9.80 Å². The van der Waals surface area contributed by atoms with Crippen LogP contribution < -0.4 is 10.6 Å². The van der Waals surface area contributed by atoms with Crippen LogP contribution in [0.4, 0.5) is 5.82 Å². The number of carbonyl (C=O) groups excluding carboxylic acids is 1. The third-order valence-corrected chi connectivity index (χ3v) is 8.03. The van der Waals surface area contributed by atoms with Gasteiger partial charge in [-0.15, -0.1) is 0 Å². The Morgan fingerprint density at radius 2 is 2.02 bits per heavy atom. The molecule has 0 N–H and O–H groups in total. The second-order valence-electron chi connectivity index (χ2n) is 10.7. The predicted molar refractivity (Wildman–Crippen MR) is 171 cm³/mol. The van der Waals surface area contributed by atoms with Gasteiger partial charge in [-0.25, -0.2) is 14.3 Å². The van der Waals surface area contributed by atoms with Gasteiger partial charge in [0.25, 0.3) is 0 Å². The molecule has 0 saturated carbocycles. The minimum Gasteiger partial charge on any atom is -0.350 e. The van der Waals surface area contributed by atoms with E-state index in [9.17, 15) is 9.59 Å². The minimum atomic E-state index is -0.498. The molecule has 1 aliphatic heterocycles. The number of fused-ring (bicyclic) bond motifs is 1. The summed E-state index contributed by atoms with van der Waals surface area (Å²) in [6.07, 6.45) is 5.16. The van der Waals surface area contributed by atoms with Gasteiger partial charge in [0.05, 0.1) is 30.2 Å². The third kappa shape index (κ3) is 5.11. The normalized spacial score (nSPS) is 15.9. The zero-order chi connectivity index (χ0) is 31.7. The predicted octanol–water partition coefficient (Wildman–Crippen LogP) is 6.05. The van der Waals surface area contributed by atoms with E-state index in [-0.39, 0.29) is 24.4 Å². The molecular weight excluding hydrogens is 548 g/mol. The molecule has 5 rings (SSSR count). The molecule has 0 spiro atoms. The molecule has 0 unspecified atom stereocenters. The fraction of sp³-hybridized carbons (Fsp3) is 0.303. The maximum atomic E-state index is 14.2. The third-order valence-electron chi connectivity index (χ3n) is 7.75. The zero-order valence-electron chi connectivity index (χ0n) is 26.3. The van der Waals surface area contributed by atoms with Crippen LogP contribution in [0.2, 0.25) is 5.02 Å². The standard InChI is InChI=1S/C33H35ClN6O2/c1-7-22-12-10-11-13-24(22)29-26(34)18-25-31(39-17-16-38(19-21(39)6)27(41)9-3)37-33(42)40(32(25)36-29)30-23(8-2)14-15-35-28(30)20(4)5/h7,9-15,18,20-21H,1,3,8,16-17,19H2,2,4-6H3/t21-/m0/s1/i1D2. The summed E-state index contributed by atoms with van der Waals surface area (Å²) in [5.74, 6) is 0.320. The number of benzene rings is 1. The second-order valence-corrected chi connectivity index (χ2v) is 11.1. The average molecular weight is 585 g/mol. The summed E-state index contributed by atoms with van der Waals surface area (Å²) in [7, 11) is 0. The van der Waals surface area contributed by atoms with Gasteiger partial charge in [-0.1, -0.05) is 75.8 Å². The van der Waals surface area contributed by atoms with E-state index in [0.29, 0.717) is 70.4 Å². The van der Waals surface area contributed by atoms with Gasteiger partial charge in [0, 0.05) is 37.4 Å². The van der Waals surface area contributed by atoms with Crippen LogP contribution in [0.3, 0.4) is 0 Å². The summed E-state index contributed by atoms with van der Waals surface area (Å²) in [4.78, 5) is 44.7. The molecule has 0 aliphatic carbocycles. The van der Waals surface area contributed by atoms with Crippen molar-refractivity contribution in [3.63, 3.8) is 0 Å². The van der Waals surface area contributed by atoms with Crippen molar-refractivity contribution in [3.05, 3.63) is 94.1 Å². The Kier molecular flexibility index (Phi) is 7.53. The second kappa shape index (κ2) is 11.9. The quantitative estimate of drug-likeness (QED) is 0.246. The molecule has 1 aromatic carbocycles. The summed E-state index contributed by atoms with van der Waals surface area (Å²) >= 11 is 6.97. The highest BCUT2D eigenvalue weighted by Crippen LogP contribution is 2.36. The Morgan fingerprint density at radius 1 is 1.24 bits per heavy atom. The van der Waals surface area contributed by atoms with Gasteiger partial charge in [-0.2, -0.15) is 4.98 Å². The molecule has 1 fully saturated rings. The molecule has 216 valence electrons. The number of pyridine rings is 2. The van der Waals surface area contributed by atoms with E-state index >= 15 is 0 Å². The number of anilines is 1. The lowest BCUT2D eigenvalue weighted by molar-refractivity contribution is -0.126. The molecule has 1 saturated heterocycles. The number of halogens is 1. The van der Waals surface area contributed by atoms with Gasteiger partial charge in [-0.05, 0) is 48.6 Å². The number of carbonyl (C=O) groups is 1. The van der Waals surface area contributed by atoms with E-state index in [0.717, 1.165) is 11.3 Å². The lowest BCUT2D eigenvalue weighted by Crippen LogP contribution is -2.54. The summed E-state index contributed by atoms with van der Waals surface area (Å²) < 4.78 is 17.0. The van der Waals surface area contributed by atoms with E-state index in [2.05, 4.69) is 16.5 Å². The first kappa shape index (κ1) is 26.6. The van der Waals surface area contributed by atoms with Crippen LogP contribution in [0.25, 0.3) is 34.1 Å². The van der Waals surface area contributed by atoms with Crippen LogP contribution in [0.1, 0.15) is 53.2 Å². The van der Waals surface area contributed by atoms with Crippen LogP contribution in [0.5, 0.6) is 0 Å². The lowest BCUT2D eigenvalue weighted by Gasteiger charge is -2.40. The molecular formula is C33H35ClN6O2. The molecule has 0 radical (unpaired) electrons. The Morgan fingerprint density at radius 3 is 2.71 bits per heavy atom.